The van der Waals surface area contributed by atoms with Gasteiger partial charge in [0, 0.05) is 36.3 Å². The molecule has 4 rings (SSSR count). The fourth-order valence-corrected chi connectivity index (χ4v) is 3.33. The number of carbonyl (C=O) groups excluding carboxylic acids is 1. The second-order valence-electron chi connectivity index (χ2n) is 7.23. The SMILES string of the molecule is CC(F)(F)Oc1c(F)cc(N2CC(COc3cccc4cccnc34)OCC2=O)cc1F. The number of alkyl halides is 2. The van der Waals surface area contributed by atoms with Crippen molar-refractivity contribution in [2.75, 3.05) is 24.7 Å². The molecule has 1 fully saturated rings. The average Bonchev–Trinajstić information content (AvgIpc) is 2.75. The van der Waals surface area contributed by atoms with Crippen LogP contribution in [-0.2, 0) is 9.53 Å². The summed E-state index contributed by atoms with van der Waals surface area (Å²) in [5, 5.41) is 0.886. The van der Waals surface area contributed by atoms with Crippen LogP contribution in [-0.4, -0.2) is 42.9 Å². The van der Waals surface area contributed by atoms with Gasteiger partial charge in [0.25, 0.3) is 5.91 Å². The van der Waals surface area contributed by atoms with E-state index in [4.69, 9.17) is 9.47 Å². The van der Waals surface area contributed by atoms with E-state index in [1.165, 1.54) is 0 Å². The molecule has 0 saturated carbocycles. The number of anilines is 1. The van der Waals surface area contributed by atoms with Gasteiger partial charge >= 0.3 is 6.11 Å². The van der Waals surface area contributed by atoms with Crippen molar-refractivity contribution >= 4 is 22.5 Å². The summed E-state index contributed by atoms with van der Waals surface area (Å²) >= 11 is 0. The summed E-state index contributed by atoms with van der Waals surface area (Å²) in [5.41, 5.74) is 0.517. The molecule has 0 aliphatic carbocycles. The van der Waals surface area contributed by atoms with Crippen molar-refractivity contribution in [2.24, 2.45) is 0 Å². The molecule has 0 N–H and O–H groups in total. The minimum Gasteiger partial charge on any atom is -0.489 e. The summed E-state index contributed by atoms with van der Waals surface area (Å²) in [5.74, 6) is -3.94. The Morgan fingerprint density at radius 1 is 1.19 bits per heavy atom. The van der Waals surface area contributed by atoms with Gasteiger partial charge in [-0.3, -0.25) is 9.78 Å². The number of para-hydroxylation sites is 1. The Kier molecular flexibility index (Phi) is 5.88. The number of ether oxygens (including phenoxy) is 3. The molecule has 1 aliphatic heterocycles. The maximum atomic E-state index is 14.2. The van der Waals surface area contributed by atoms with Crippen molar-refractivity contribution in [3.63, 3.8) is 0 Å². The van der Waals surface area contributed by atoms with E-state index in [1.807, 2.05) is 18.2 Å². The predicted octanol–water partition coefficient (Wildman–Crippen LogP) is 4.32. The van der Waals surface area contributed by atoms with Crippen molar-refractivity contribution in [1.29, 1.82) is 0 Å². The van der Waals surface area contributed by atoms with Gasteiger partial charge < -0.3 is 19.1 Å². The number of carbonyl (C=O) groups is 1. The van der Waals surface area contributed by atoms with Gasteiger partial charge in [0.1, 0.15) is 30.6 Å². The topological polar surface area (TPSA) is 60.9 Å². The molecule has 0 spiro atoms. The quantitative estimate of drug-likeness (QED) is 0.524. The fraction of sp³-hybridized carbons (Fsp3) is 0.273. The third kappa shape index (κ3) is 4.75. The van der Waals surface area contributed by atoms with Crippen LogP contribution in [0.15, 0.2) is 48.7 Å². The lowest BCUT2D eigenvalue weighted by atomic mass is 10.2. The Hall–Kier alpha value is -3.40. The molecule has 1 amide bonds. The number of benzene rings is 2. The van der Waals surface area contributed by atoms with Crippen LogP contribution in [0.25, 0.3) is 10.9 Å². The molecule has 0 bridgehead atoms. The summed E-state index contributed by atoms with van der Waals surface area (Å²) < 4.78 is 69.8. The lowest BCUT2D eigenvalue weighted by Crippen LogP contribution is -2.49. The van der Waals surface area contributed by atoms with Crippen LogP contribution in [0.5, 0.6) is 11.5 Å². The fourth-order valence-electron chi connectivity index (χ4n) is 3.33. The molecule has 1 saturated heterocycles. The van der Waals surface area contributed by atoms with Crippen LogP contribution >= 0.6 is 0 Å². The zero-order valence-electron chi connectivity index (χ0n) is 16.9. The van der Waals surface area contributed by atoms with Gasteiger partial charge in [-0.25, -0.2) is 8.78 Å². The van der Waals surface area contributed by atoms with Crippen molar-refractivity contribution < 1.29 is 36.6 Å². The number of rotatable bonds is 6. The van der Waals surface area contributed by atoms with Gasteiger partial charge in [0.15, 0.2) is 17.4 Å². The lowest BCUT2D eigenvalue weighted by molar-refractivity contribution is -0.162. The monoisotopic (exact) mass is 450 g/mol. The minimum atomic E-state index is -3.77. The highest BCUT2D eigenvalue weighted by atomic mass is 19.3. The van der Waals surface area contributed by atoms with Crippen molar-refractivity contribution in [1.82, 2.24) is 4.98 Å². The number of pyridine rings is 1. The Morgan fingerprint density at radius 3 is 2.62 bits per heavy atom. The van der Waals surface area contributed by atoms with Crippen LogP contribution in [0.3, 0.4) is 0 Å². The lowest BCUT2D eigenvalue weighted by Gasteiger charge is -2.33. The second-order valence-corrected chi connectivity index (χ2v) is 7.23. The molecule has 2 aromatic carbocycles. The first-order valence-corrected chi connectivity index (χ1v) is 9.65. The van der Waals surface area contributed by atoms with Crippen LogP contribution in [0.1, 0.15) is 6.92 Å². The molecule has 6 nitrogen and oxygen atoms in total. The summed E-state index contributed by atoms with van der Waals surface area (Å²) in [4.78, 5) is 17.7. The van der Waals surface area contributed by atoms with Gasteiger partial charge in [0.05, 0.1) is 6.54 Å². The van der Waals surface area contributed by atoms with E-state index >= 15 is 0 Å². The molecule has 1 atom stereocenters. The van der Waals surface area contributed by atoms with Gasteiger partial charge in [0.2, 0.25) is 0 Å². The van der Waals surface area contributed by atoms with E-state index in [-0.39, 0.29) is 25.4 Å². The molecule has 0 radical (unpaired) electrons. The predicted molar refractivity (Wildman–Crippen MR) is 107 cm³/mol. The van der Waals surface area contributed by atoms with E-state index in [9.17, 15) is 22.4 Å². The normalized spacial score (nSPS) is 17.0. The highest BCUT2D eigenvalue weighted by Gasteiger charge is 2.32. The van der Waals surface area contributed by atoms with Crippen LogP contribution < -0.4 is 14.4 Å². The zero-order chi connectivity index (χ0) is 22.9. The molecule has 3 aromatic rings. The Morgan fingerprint density at radius 2 is 1.91 bits per heavy atom. The first-order valence-electron chi connectivity index (χ1n) is 9.65. The van der Waals surface area contributed by atoms with Crippen LogP contribution in [0, 0.1) is 11.6 Å². The number of fused-ring (bicyclic) bond motifs is 1. The number of morpholine rings is 1. The third-order valence-corrected chi connectivity index (χ3v) is 4.73. The smallest absolute Gasteiger partial charge is 0.395 e. The molecule has 1 unspecified atom stereocenters. The van der Waals surface area contributed by atoms with Gasteiger partial charge in [-0.15, -0.1) is 0 Å². The van der Waals surface area contributed by atoms with Crippen LogP contribution in [0.4, 0.5) is 23.2 Å². The van der Waals surface area contributed by atoms with Gasteiger partial charge in [-0.05, 0) is 12.1 Å². The maximum Gasteiger partial charge on any atom is 0.395 e. The number of nitrogens with zero attached hydrogens (tertiary/aromatic N) is 2. The second kappa shape index (κ2) is 8.62. The molecular formula is C22H18F4N2O4. The standard InChI is InChI=1S/C22H18F4N2O4/c1-22(25,26)32-21-16(23)8-14(9-17(21)24)28-10-15(30-12-19(28)29)11-31-18-6-2-4-13-5-3-7-27-20(13)18/h2-9,15H,10-12H2,1H3. The van der Waals surface area contributed by atoms with E-state index in [1.54, 1.807) is 18.3 Å². The zero-order valence-corrected chi connectivity index (χ0v) is 16.9. The Labute approximate surface area is 180 Å². The third-order valence-electron chi connectivity index (χ3n) is 4.73. The Balaban J connectivity index is 1.49. The molecule has 168 valence electrons. The van der Waals surface area contributed by atoms with Gasteiger partial charge in [-0.2, -0.15) is 8.78 Å². The summed E-state index contributed by atoms with van der Waals surface area (Å²) in [6, 6.07) is 10.7. The number of amides is 1. The molecule has 32 heavy (non-hydrogen) atoms. The van der Waals surface area contributed by atoms with E-state index in [0.29, 0.717) is 18.2 Å². The molecule has 1 aliphatic rings. The summed E-state index contributed by atoms with van der Waals surface area (Å²) in [7, 11) is 0. The summed E-state index contributed by atoms with van der Waals surface area (Å²) in [6.07, 6.45) is -2.73. The summed E-state index contributed by atoms with van der Waals surface area (Å²) in [6.45, 7) is 0.0193. The number of halogens is 4. The largest absolute Gasteiger partial charge is 0.489 e. The molecule has 10 heteroatoms. The highest BCUT2D eigenvalue weighted by Crippen LogP contribution is 2.32. The molecular weight excluding hydrogens is 432 g/mol. The van der Waals surface area contributed by atoms with Crippen molar-refractivity contribution in [3.05, 3.63) is 60.3 Å². The van der Waals surface area contributed by atoms with E-state index in [2.05, 4.69) is 9.72 Å². The Bertz CT molecular complexity index is 1120. The number of hydrogen-bond donors (Lipinski definition) is 0. The van der Waals surface area contributed by atoms with Crippen molar-refractivity contribution in [3.8, 4) is 11.5 Å². The number of aromatic nitrogens is 1. The van der Waals surface area contributed by atoms with E-state index < -0.39 is 35.5 Å². The van der Waals surface area contributed by atoms with Crippen LogP contribution in [0.2, 0.25) is 0 Å². The average molecular weight is 450 g/mol. The minimum absolute atomic E-state index is 0.0493. The molecule has 1 aromatic heterocycles. The van der Waals surface area contributed by atoms with Gasteiger partial charge in [-0.1, -0.05) is 18.2 Å². The number of hydrogen-bond acceptors (Lipinski definition) is 5. The van der Waals surface area contributed by atoms with E-state index in [0.717, 1.165) is 22.4 Å². The highest BCUT2D eigenvalue weighted by molar-refractivity contribution is 5.95. The van der Waals surface area contributed by atoms with Crippen molar-refractivity contribution in [2.45, 2.75) is 19.1 Å². The maximum absolute atomic E-state index is 14.2. The first kappa shape index (κ1) is 21.8. The molecule has 2 heterocycles. The first-order chi connectivity index (χ1) is 15.2.